The average molecular weight is 277 g/mol. The molecular weight excluding hydrogens is 254 g/mol. The summed E-state index contributed by atoms with van der Waals surface area (Å²) < 4.78 is 25.5. The third-order valence-corrected chi connectivity index (χ3v) is 4.70. The Kier molecular flexibility index (Phi) is 5.16. The molecule has 1 fully saturated rings. The molecule has 106 valence electrons. The van der Waals surface area contributed by atoms with Crippen molar-refractivity contribution in [2.75, 3.05) is 12.3 Å². The molecular formula is C12H23NO4S. The minimum atomic E-state index is -3.69. The third kappa shape index (κ3) is 4.94. The monoisotopic (exact) mass is 277 g/mol. The Morgan fingerprint density at radius 1 is 1.33 bits per heavy atom. The Balaban J connectivity index is 2.60. The van der Waals surface area contributed by atoms with Gasteiger partial charge < -0.3 is 5.11 Å². The summed E-state index contributed by atoms with van der Waals surface area (Å²) in [6.07, 6.45) is 5.31. The molecule has 6 heteroatoms. The molecule has 0 bridgehead atoms. The summed E-state index contributed by atoms with van der Waals surface area (Å²) in [6.45, 7) is 4.64. The van der Waals surface area contributed by atoms with Crippen LogP contribution in [0.2, 0.25) is 0 Å². The van der Waals surface area contributed by atoms with E-state index in [4.69, 9.17) is 5.11 Å². The molecule has 1 aliphatic rings. The fourth-order valence-corrected chi connectivity index (χ4v) is 3.87. The average Bonchev–Trinajstić information content (AvgIpc) is 2.61. The highest BCUT2D eigenvalue weighted by molar-refractivity contribution is 7.90. The lowest BCUT2D eigenvalue weighted by molar-refractivity contribution is -0.134. The topological polar surface area (TPSA) is 83.5 Å². The van der Waals surface area contributed by atoms with Gasteiger partial charge in [-0.25, -0.2) is 13.1 Å². The van der Waals surface area contributed by atoms with E-state index in [-0.39, 0.29) is 5.41 Å². The van der Waals surface area contributed by atoms with Gasteiger partial charge in [-0.3, -0.25) is 4.79 Å². The van der Waals surface area contributed by atoms with Crippen molar-refractivity contribution in [3.63, 3.8) is 0 Å². The molecule has 0 aromatic carbocycles. The van der Waals surface area contributed by atoms with Gasteiger partial charge in [0, 0.05) is 6.54 Å². The number of aliphatic carboxylic acids is 1. The summed E-state index contributed by atoms with van der Waals surface area (Å²) in [7, 11) is -3.69. The van der Waals surface area contributed by atoms with Gasteiger partial charge in [-0.1, -0.05) is 26.7 Å². The SMILES string of the molecule is CC(C)CC1(CNS(=O)(=O)CC(=O)O)CCCC1. The Hall–Kier alpha value is -0.620. The number of carboxylic acids is 1. The molecule has 1 rings (SSSR count). The molecule has 2 N–H and O–H groups in total. The van der Waals surface area contributed by atoms with Gasteiger partial charge in [-0.05, 0) is 30.6 Å². The molecule has 0 unspecified atom stereocenters. The van der Waals surface area contributed by atoms with Crippen molar-refractivity contribution in [1.82, 2.24) is 4.72 Å². The number of rotatable bonds is 7. The first-order valence-corrected chi connectivity index (χ1v) is 8.09. The van der Waals surface area contributed by atoms with Crippen molar-refractivity contribution in [3.05, 3.63) is 0 Å². The van der Waals surface area contributed by atoms with Crippen LogP contribution < -0.4 is 4.72 Å². The molecule has 0 amide bonds. The van der Waals surface area contributed by atoms with Gasteiger partial charge in [0.15, 0.2) is 5.75 Å². The lowest BCUT2D eigenvalue weighted by Gasteiger charge is -2.31. The predicted octanol–water partition coefficient (Wildman–Crippen LogP) is 1.60. The van der Waals surface area contributed by atoms with Gasteiger partial charge in [0.1, 0.15) is 0 Å². The maximum Gasteiger partial charge on any atom is 0.320 e. The van der Waals surface area contributed by atoms with Gasteiger partial charge >= 0.3 is 5.97 Å². The first kappa shape index (κ1) is 15.4. The molecule has 0 aromatic heterocycles. The van der Waals surface area contributed by atoms with Crippen molar-refractivity contribution in [2.24, 2.45) is 11.3 Å². The van der Waals surface area contributed by atoms with E-state index >= 15 is 0 Å². The van der Waals surface area contributed by atoms with Crippen LogP contribution in [0.15, 0.2) is 0 Å². The summed E-state index contributed by atoms with van der Waals surface area (Å²) in [5.74, 6) is -1.64. The van der Waals surface area contributed by atoms with Crippen molar-refractivity contribution in [2.45, 2.75) is 46.0 Å². The molecule has 0 radical (unpaired) electrons. The van der Waals surface area contributed by atoms with Crippen molar-refractivity contribution >= 4 is 16.0 Å². The molecule has 1 aliphatic carbocycles. The van der Waals surface area contributed by atoms with Crippen molar-refractivity contribution < 1.29 is 18.3 Å². The van der Waals surface area contributed by atoms with E-state index < -0.39 is 21.7 Å². The second-order valence-electron chi connectivity index (χ2n) is 5.78. The summed E-state index contributed by atoms with van der Waals surface area (Å²) in [6, 6.07) is 0. The number of carboxylic acid groups (broad SMARTS) is 1. The fraction of sp³-hybridized carbons (Fsp3) is 0.917. The van der Waals surface area contributed by atoms with Gasteiger partial charge in [0.2, 0.25) is 10.0 Å². The first-order chi connectivity index (χ1) is 8.25. The summed E-state index contributed by atoms with van der Waals surface area (Å²) in [5.41, 5.74) is 0.0275. The minimum absolute atomic E-state index is 0.0275. The van der Waals surface area contributed by atoms with Gasteiger partial charge in [0.25, 0.3) is 0 Å². The van der Waals surface area contributed by atoms with Crippen molar-refractivity contribution in [1.29, 1.82) is 0 Å². The van der Waals surface area contributed by atoms with Crippen LogP contribution in [0.4, 0.5) is 0 Å². The zero-order valence-electron chi connectivity index (χ0n) is 11.1. The lowest BCUT2D eigenvalue weighted by atomic mass is 9.79. The standard InChI is InChI=1S/C12H23NO4S/c1-10(2)7-12(5-3-4-6-12)9-13-18(16,17)8-11(14)15/h10,13H,3-9H2,1-2H3,(H,14,15). The number of hydrogen-bond donors (Lipinski definition) is 2. The zero-order chi connectivity index (χ0) is 13.8. The van der Waals surface area contributed by atoms with E-state index in [1.807, 2.05) is 0 Å². The molecule has 0 heterocycles. The Morgan fingerprint density at radius 2 is 1.89 bits per heavy atom. The van der Waals surface area contributed by atoms with Gasteiger partial charge in [0.05, 0.1) is 0 Å². The van der Waals surface area contributed by atoms with Crippen LogP contribution in [0.3, 0.4) is 0 Å². The van der Waals surface area contributed by atoms with Gasteiger partial charge in [-0.2, -0.15) is 0 Å². The van der Waals surface area contributed by atoms with Crippen LogP contribution in [0.25, 0.3) is 0 Å². The van der Waals surface area contributed by atoms with E-state index in [2.05, 4.69) is 18.6 Å². The first-order valence-electron chi connectivity index (χ1n) is 6.44. The molecule has 0 aromatic rings. The van der Waals surface area contributed by atoms with E-state index in [1.54, 1.807) is 0 Å². The summed E-state index contributed by atoms with van der Waals surface area (Å²) in [5, 5.41) is 8.53. The molecule has 18 heavy (non-hydrogen) atoms. The Morgan fingerprint density at radius 3 is 2.33 bits per heavy atom. The fourth-order valence-electron chi connectivity index (χ4n) is 2.92. The smallest absolute Gasteiger partial charge is 0.320 e. The normalized spacial score (nSPS) is 19.3. The molecule has 0 spiro atoms. The van der Waals surface area contributed by atoms with Crippen molar-refractivity contribution in [3.8, 4) is 0 Å². The van der Waals surface area contributed by atoms with E-state index in [0.717, 1.165) is 32.1 Å². The van der Waals surface area contributed by atoms with Crippen LogP contribution in [-0.2, 0) is 14.8 Å². The van der Waals surface area contributed by atoms with Crippen LogP contribution in [-0.4, -0.2) is 31.8 Å². The predicted molar refractivity (Wildman–Crippen MR) is 69.8 cm³/mol. The molecule has 5 nitrogen and oxygen atoms in total. The largest absolute Gasteiger partial charge is 0.480 e. The molecule has 0 aliphatic heterocycles. The highest BCUT2D eigenvalue weighted by Gasteiger charge is 2.35. The number of carbonyl (C=O) groups is 1. The second-order valence-corrected chi connectivity index (χ2v) is 7.59. The number of hydrogen-bond acceptors (Lipinski definition) is 3. The Labute approximate surface area is 109 Å². The summed E-state index contributed by atoms with van der Waals surface area (Å²) in [4.78, 5) is 10.4. The van der Waals surface area contributed by atoms with Crippen LogP contribution >= 0.6 is 0 Å². The summed E-state index contributed by atoms with van der Waals surface area (Å²) >= 11 is 0. The zero-order valence-corrected chi connectivity index (χ0v) is 11.9. The Bertz CT molecular complexity index is 383. The quantitative estimate of drug-likeness (QED) is 0.740. The van der Waals surface area contributed by atoms with E-state index in [9.17, 15) is 13.2 Å². The highest BCUT2D eigenvalue weighted by atomic mass is 32.2. The van der Waals surface area contributed by atoms with Crippen LogP contribution in [0, 0.1) is 11.3 Å². The lowest BCUT2D eigenvalue weighted by Crippen LogP contribution is -2.39. The molecule has 0 saturated heterocycles. The highest BCUT2D eigenvalue weighted by Crippen LogP contribution is 2.42. The van der Waals surface area contributed by atoms with Gasteiger partial charge in [-0.15, -0.1) is 0 Å². The van der Waals surface area contributed by atoms with Crippen LogP contribution in [0.1, 0.15) is 46.0 Å². The minimum Gasteiger partial charge on any atom is -0.480 e. The van der Waals surface area contributed by atoms with E-state index in [0.29, 0.717) is 12.5 Å². The number of sulfonamides is 1. The maximum atomic E-state index is 11.5. The molecule has 0 atom stereocenters. The number of nitrogens with one attached hydrogen (secondary N) is 1. The molecule has 1 saturated carbocycles. The second kappa shape index (κ2) is 6.02. The third-order valence-electron chi connectivity index (χ3n) is 3.49. The maximum absolute atomic E-state index is 11.5. The van der Waals surface area contributed by atoms with Crippen LogP contribution in [0.5, 0.6) is 0 Å². The van der Waals surface area contributed by atoms with E-state index in [1.165, 1.54) is 0 Å².